The molecule has 0 radical (unpaired) electrons. The summed E-state index contributed by atoms with van der Waals surface area (Å²) in [5, 5.41) is 17.2. The van der Waals surface area contributed by atoms with Crippen LogP contribution < -0.4 is 0 Å². The van der Waals surface area contributed by atoms with Gasteiger partial charge in [-0.2, -0.15) is 5.10 Å². The van der Waals surface area contributed by atoms with E-state index in [-0.39, 0.29) is 5.41 Å². The number of carboxylic acids is 1. The summed E-state index contributed by atoms with van der Waals surface area (Å²) in [5.41, 5.74) is 1.41. The monoisotopic (exact) mass is 383 g/mol. The second-order valence-corrected chi connectivity index (χ2v) is 9.30. The van der Waals surface area contributed by atoms with E-state index in [4.69, 9.17) is 17.3 Å². The van der Waals surface area contributed by atoms with Crippen LogP contribution in [0.25, 0.3) is 0 Å². The first-order valence-corrected chi connectivity index (χ1v) is 10.4. The van der Waals surface area contributed by atoms with Crippen molar-refractivity contribution in [2.24, 2.45) is 17.8 Å². The molecule has 4 bridgehead atoms. The summed E-state index contributed by atoms with van der Waals surface area (Å²) < 4.78 is 2.81. The maximum Gasteiger partial charge on any atom is 0.335 e. The molecule has 0 saturated heterocycles. The fourth-order valence-electron chi connectivity index (χ4n) is 6.49. The number of hydrogen-bond acceptors (Lipinski definition) is 3. The zero-order valence-corrected chi connectivity index (χ0v) is 16.2. The van der Waals surface area contributed by atoms with Gasteiger partial charge in [-0.15, -0.1) is 0 Å². The van der Waals surface area contributed by atoms with Crippen LogP contribution in [0.4, 0.5) is 0 Å². The van der Waals surface area contributed by atoms with Crippen molar-refractivity contribution in [2.75, 3.05) is 0 Å². The lowest BCUT2D eigenvalue weighted by Crippen LogP contribution is -2.49. The highest BCUT2D eigenvalue weighted by Gasteiger charge is 2.53. The van der Waals surface area contributed by atoms with Crippen molar-refractivity contribution >= 4 is 18.2 Å². The number of aromatic amines is 1. The van der Waals surface area contributed by atoms with Gasteiger partial charge in [-0.3, -0.25) is 5.10 Å². The quantitative estimate of drug-likeness (QED) is 0.753. The highest BCUT2D eigenvalue weighted by Crippen LogP contribution is 2.60. The van der Waals surface area contributed by atoms with E-state index in [0.717, 1.165) is 29.1 Å². The molecule has 1 aromatic heterocycles. The maximum atomic E-state index is 11.5. The Balaban J connectivity index is 1.45. The predicted octanol–water partition coefficient (Wildman–Crippen LogP) is 4.35. The van der Waals surface area contributed by atoms with Crippen molar-refractivity contribution in [3.8, 4) is 0 Å². The maximum absolute atomic E-state index is 11.5. The minimum Gasteiger partial charge on any atom is -0.478 e. The van der Waals surface area contributed by atoms with E-state index in [1.807, 2.05) is 12.1 Å². The molecule has 6 heteroatoms. The van der Waals surface area contributed by atoms with Gasteiger partial charge in [0.2, 0.25) is 0 Å². The average Bonchev–Trinajstić information content (AvgIpc) is 3.00. The first-order chi connectivity index (χ1) is 13.0. The van der Waals surface area contributed by atoms with Crippen molar-refractivity contribution < 1.29 is 9.90 Å². The van der Waals surface area contributed by atoms with Crippen molar-refractivity contribution in [3.05, 3.63) is 46.0 Å². The molecule has 4 fully saturated rings. The lowest BCUT2D eigenvalue weighted by atomic mass is 9.49. The van der Waals surface area contributed by atoms with E-state index in [1.54, 1.807) is 12.1 Å². The summed E-state index contributed by atoms with van der Waals surface area (Å²) in [5.74, 6) is 2.80. The van der Waals surface area contributed by atoms with Gasteiger partial charge in [0.05, 0.1) is 5.56 Å². The molecule has 6 rings (SSSR count). The molecule has 27 heavy (non-hydrogen) atoms. The molecule has 0 amide bonds. The van der Waals surface area contributed by atoms with Gasteiger partial charge in [-0.25, -0.2) is 4.79 Å². The Morgan fingerprint density at radius 2 is 1.81 bits per heavy atom. The second-order valence-electron chi connectivity index (χ2n) is 8.91. The van der Waals surface area contributed by atoms with Crippen molar-refractivity contribution in [2.45, 2.75) is 56.9 Å². The number of carbonyl (C=O) groups is 1. The number of aromatic nitrogens is 3. The fraction of sp³-hybridized carbons (Fsp3) is 0.571. The van der Waals surface area contributed by atoms with Crippen molar-refractivity contribution in [1.82, 2.24) is 14.8 Å². The Morgan fingerprint density at radius 1 is 1.19 bits per heavy atom. The molecule has 2 N–H and O–H groups in total. The van der Waals surface area contributed by atoms with Crippen LogP contribution in [0.5, 0.6) is 0 Å². The number of benzene rings is 1. The third-order valence-corrected chi connectivity index (χ3v) is 7.44. The van der Waals surface area contributed by atoms with Gasteiger partial charge >= 0.3 is 5.97 Å². The van der Waals surface area contributed by atoms with Crippen LogP contribution in [0.15, 0.2) is 24.3 Å². The lowest BCUT2D eigenvalue weighted by Gasteiger charge is -2.56. The van der Waals surface area contributed by atoms with Crippen molar-refractivity contribution in [3.63, 3.8) is 0 Å². The van der Waals surface area contributed by atoms with Gasteiger partial charge in [0.1, 0.15) is 5.82 Å². The molecule has 0 atom stereocenters. The molecule has 5 nitrogen and oxygen atoms in total. The molecular formula is C21H25N3O2S. The smallest absolute Gasteiger partial charge is 0.335 e. The summed E-state index contributed by atoms with van der Waals surface area (Å²) >= 11 is 5.56. The SMILES string of the molecule is O=C(O)c1ccccc1CCn1c(C23CC4CC(CC(C4)C2)C3)n[nH]c1=S. The van der Waals surface area contributed by atoms with Gasteiger partial charge in [0.15, 0.2) is 4.77 Å². The molecule has 0 spiro atoms. The molecule has 1 heterocycles. The molecule has 4 aliphatic carbocycles. The van der Waals surface area contributed by atoms with E-state index >= 15 is 0 Å². The highest BCUT2D eigenvalue weighted by molar-refractivity contribution is 7.71. The fourth-order valence-corrected chi connectivity index (χ4v) is 6.72. The summed E-state index contributed by atoms with van der Waals surface area (Å²) in [6.07, 6.45) is 8.57. The number of hydrogen-bond donors (Lipinski definition) is 2. The zero-order chi connectivity index (χ0) is 18.6. The Kier molecular flexibility index (Phi) is 4.00. The number of nitrogens with zero attached hydrogens (tertiary/aromatic N) is 2. The first-order valence-electron chi connectivity index (χ1n) is 10.0. The number of rotatable bonds is 5. The Labute approximate surface area is 163 Å². The molecule has 1 aromatic carbocycles. The molecule has 142 valence electrons. The van der Waals surface area contributed by atoms with Crippen LogP contribution in [0, 0.1) is 22.5 Å². The van der Waals surface area contributed by atoms with Gasteiger partial charge in [-0.05, 0) is 86.5 Å². The number of aryl methyl sites for hydroxylation is 1. The molecule has 0 unspecified atom stereocenters. The Bertz CT molecular complexity index is 910. The molecule has 0 aliphatic heterocycles. The molecule has 4 saturated carbocycles. The summed E-state index contributed by atoms with van der Waals surface area (Å²) in [7, 11) is 0. The largest absolute Gasteiger partial charge is 0.478 e. The van der Waals surface area contributed by atoms with E-state index in [9.17, 15) is 9.90 Å². The van der Waals surface area contributed by atoms with Crippen LogP contribution in [0.2, 0.25) is 0 Å². The van der Waals surface area contributed by atoms with E-state index in [1.165, 1.54) is 38.5 Å². The summed E-state index contributed by atoms with van der Waals surface area (Å²) in [6, 6.07) is 7.25. The van der Waals surface area contributed by atoms with Gasteiger partial charge in [0.25, 0.3) is 0 Å². The number of nitrogens with one attached hydrogen (secondary N) is 1. The molecular weight excluding hydrogens is 358 g/mol. The van der Waals surface area contributed by atoms with Crippen LogP contribution in [0.1, 0.15) is 60.3 Å². The topological polar surface area (TPSA) is 70.9 Å². The van der Waals surface area contributed by atoms with Crippen LogP contribution in [-0.2, 0) is 18.4 Å². The van der Waals surface area contributed by atoms with Crippen LogP contribution in [0.3, 0.4) is 0 Å². The minimum atomic E-state index is -0.873. The summed E-state index contributed by atoms with van der Waals surface area (Å²) in [6.45, 7) is 0.677. The van der Waals surface area contributed by atoms with Gasteiger partial charge in [-0.1, -0.05) is 18.2 Å². The predicted molar refractivity (Wildman–Crippen MR) is 104 cm³/mol. The third kappa shape index (κ3) is 2.85. The average molecular weight is 384 g/mol. The van der Waals surface area contributed by atoms with E-state index in [0.29, 0.717) is 23.3 Å². The van der Waals surface area contributed by atoms with Gasteiger partial charge in [0, 0.05) is 12.0 Å². The standard InChI is InChI=1S/C21H25N3O2S/c25-18(26)17-4-2-1-3-16(17)5-6-24-19(22-23-20(24)27)21-10-13-7-14(11-21)9-15(8-13)12-21/h1-4,13-15H,5-12H2,(H,23,27)(H,25,26). The van der Waals surface area contributed by atoms with Crippen LogP contribution in [-0.4, -0.2) is 25.8 Å². The Morgan fingerprint density at radius 3 is 2.44 bits per heavy atom. The first kappa shape index (κ1) is 17.2. The lowest BCUT2D eigenvalue weighted by molar-refractivity contribution is -0.0112. The molecule has 2 aromatic rings. The number of H-pyrrole nitrogens is 1. The normalized spacial score (nSPS) is 31.3. The van der Waals surface area contributed by atoms with Crippen LogP contribution >= 0.6 is 12.2 Å². The minimum absolute atomic E-state index is 0.175. The van der Waals surface area contributed by atoms with Crippen molar-refractivity contribution in [1.29, 1.82) is 0 Å². The third-order valence-electron chi connectivity index (χ3n) is 7.12. The second kappa shape index (κ2) is 6.30. The van der Waals surface area contributed by atoms with Gasteiger partial charge < -0.3 is 9.67 Å². The Hall–Kier alpha value is -1.95. The molecule has 4 aliphatic rings. The number of aromatic carboxylic acids is 1. The zero-order valence-electron chi connectivity index (χ0n) is 15.4. The summed E-state index contributed by atoms with van der Waals surface area (Å²) in [4.78, 5) is 11.5. The highest BCUT2D eigenvalue weighted by atomic mass is 32.1. The van der Waals surface area contributed by atoms with E-state index < -0.39 is 5.97 Å². The number of carboxylic acid groups (broad SMARTS) is 1. The van der Waals surface area contributed by atoms with E-state index in [2.05, 4.69) is 9.67 Å².